The normalized spacial score (nSPS) is 11.1. The Balaban J connectivity index is 2.40. The molecular formula is C13H18N2S. The van der Waals surface area contributed by atoms with E-state index in [1.807, 2.05) is 11.8 Å². The Morgan fingerprint density at radius 2 is 2.12 bits per heavy atom. The van der Waals surface area contributed by atoms with Gasteiger partial charge in [-0.25, -0.2) is 0 Å². The zero-order chi connectivity index (χ0) is 11.4. The summed E-state index contributed by atoms with van der Waals surface area (Å²) in [6.45, 7) is 4.03. The molecule has 2 N–H and O–H groups in total. The van der Waals surface area contributed by atoms with Crippen molar-refractivity contribution in [2.45, 2.75) is 24.8 Å². The summed E-state index contributed by atoms with van der Waals surface area (Å²) in [4.78, 5) is 1.36. The molecule has 0 atom stereocenters. The van der Waals surface area contributed by atoms with E-state index in [0.717, 1.165) is 18.8 Å². The minimum atomic E-state index is 0.734. The molecule has 1 aromatic carbocycles. The first-order chi connectivity index (χ1) is 7.86. The molecule has 0 aliphatic heterocycles. The topological polar surface area (TPSA) is 30.9 Å². The average molecular weight is 234 g/mol. The largest absolute Gasteiger partial charge is 0.346 e. The van der Waals surface area contributed by atoms with E-state index in [4.69, 9.17) is 5.73 Å². The van der Waals surface area contributed by atoms with Gasteiger partial charge in [0.1, 0.15) is 0 Å². The Hall–Kier alpha value is -0.930. The second-order valence-electron chi connectivity index (χ2n) is 3.84. The molecule has 1 aromatic heterocycles. The van der Waals surface area contributed by atoms with Crippen LogP contribution in [-0.4, -0.2) is 16.9 Å². The third kappa shape index (κ3) is 2.25. The van der Waals surface area contributed by atoms with Crippen molar-refractivity contribution in [3.05, 3.63) is 30.5 Å². The van der Waals surface area contributed by atoms with Crippen molar-refractivity contribution in [3.63, 3.8) is 0 Å². The monoisotopic (exact) mass is 234 g/mol. The van der Waals surface area contributed by atoms with Crippen molar-refractivity contribution in [2.75, 3.05) is 12.3 Å². The van der Waals surface area contributed by atoms with Crippen LogP contribution in [0.2, 0.25) is 0 Å². The smallest absolute Gasteiger partial charge is 0.0491 e. The van der Waals surface area contributed by atoms with Crippen molar-refractivity contribution < 1.29 is 0 Å². The number of hydrogen-bond acceptors (Lipinski definition) is 2. The molecule has 16 heavy (non-hydrogen) atoms. The van der Waals surface area contributed by atoms with E-state index in [2.05, 4.69) is 42.0 Å². The van der Waals surface area contributed by atoms with E-state index in [0.29, 0.717) is 0 Å². The fourth-order valence-corrected chi connectivity index (χ4v) is 2.79. The van der Waals surface area contributed by atoms with E-state index >= 15 is 0 Å². The van der Waals surface area contributed by atoms with Gasteiger partial charge in [-0.15, -0.1) is 11.8 Å². The van der Waals surface area contributed by atoms with Crippen molar-refractivity contribution in [1.29, 1.82) is 0 Å². The minimum absolute atomic E-state index is 0.734. The lowest BCUT2D eigenvalue weighted by atomic mass is 10.2. The third-order valence-electron chi connectivity index (χ3n) is 2.59. The first-order valence-corrected chi connectivity index (χ1v) is 6.76. The number of nitrogens with zero attached hydrogens (tertiary/aromatic N) is 1. The van der Waals surface area contributed by atoms with Crippen LogP contribution in [0.5, 0.6) is 0 Å². The molecule has 0 saturated carbocycles. The molecule has 0 radical (unpaired) electrons. The molecule has 0 spiro atoms. The van der Waals surface area contributed by atoms with Gasteiger partial charge in [-0.1, -0.05) is 25.1 Å². The maximum atomic E-state index is 5.56. The highest BCUT2D eigenvalue weighted by atomic mass is 32.2. The lowest BCUT2D eigenvalue weighted by Gasteiger charge is -2.00. The number of rotatable bonds is 5. The summed E-state index contributed by atoms with van der Waals surface area (Å²) in [5, 5.41) is 1.36. The van der Waals surface area contributed by atoms with E-state index in [1.165, 1.54) is 22.2 Å². The number of para-hydroxylation sites is 1. The van der Waals surface area contributed by atoms with E-state index in [9.17, 15) is 0 Å². The molecule has 0 fully saturated rings. The van der Waals surface area contributed by atoms with Gasteiger partial charge in [0.25, 0.3) is 0 Å². The zero-order valence-electron chi connectivity index (χ0n) is 9.65. The highest BCUT2D eigenvalue weighted by molar-refractivity contribution is 7.99. The summed E-state index contributed by atoms with van der Waals surface area (Å²) < 4.78 is 2.34. The van der Waals surface area contributed by atoms with Crippen molar-refractivity contribution in [3.8, 4) is 0 Å². The predicted molar refractivity (Wildman–Crippen MR) is 72.0 cm³/mol. The first-order valence-electron chi connectivity index (χ1n) is 5.77. The van der Waals surface area contributed by atoms with Crippen LogP contribution in [0, 0.1) is 0 Å². The molecule has 1 heterocycles. The van der Waals surface area contributed by atoms with Gasteiger partial charge in [0, 0.05) is 40.8 Å². The Morgan fingerprint density at radius 3 is 2.88 bits per heavy atom. The summed E-state index contributed by atoms with van der Waals surface area (Å²) >= 11 is 1.85. The lowest BCUT2D eigenvalue weighted by Crippen LogP contribution is -2.00. The summed E-state index contributed by atoms with van der Waals surface area (Å²) in [5.41, 5.74) is 6.90. The Labute approximate surface area is 101 Å². The molecule has 0 unspecified atom stereocenters. The number of nitrogens with two attached hydrogens (primary N) is 1. The van der Waals surface area contributed by atoms with Crippen LogP contribution in [0.25, 0.3) is 10.9 Å². The van der Waals surface area contributed by atoms with E-state index in [-0.39, 0.29) is 0 Å². The molecule has 0 amide bonds. The molecule has 0 bridgehead atoms. The van der Waals surface area contributed by atoms with Gasteiger partial charge >= 0.3 is 0 Å². The zero-order valence-corrected chi connectivity index (χ0v) is 10.5. The molecule has 2 nitrogen and oxygen atoms in total. The molecule has 0 aliphatic carbocycles. The van der Waals surface area contributed by atoms with Gasteiger partial charge in [0.2, 0.25) is 0 Å². The fourth-order valence-electron chi connectivity index (χ4n) is 1.92. The summed E-state index contributed by atoms with van der Waals surface area (Å²) in [6, 6.07) is 8.59. The molecule has 86 valence electrons. The molecular weight excluding hydrogens is 216 g/mol. The van der Waals surface area contributed by atoms with Gasteiger partial charge in [0.15, 0.2) is 0 Å². The van der Waals surface area contributed by atoms with E-state index in [1.54, 1.807) is 0 Å². The van der Waals surface area contributed by atoms with Crippen LogP contribution in [0.4, 0.5) is 0 Å². The molecule has 2 aromatic rings. The molecule has 2 rings (SSSR count). The summed E-state index contributed by atoms with van der Waals surface area (Å²) in [5.74, 6) is 0.986. The number of benzene rings is 1. The standard InChI is InChI=1S/C13H18N2S/c1-2-8-15-10-13(16-9-7-14)11-5-3-4-6-12(11)15/h3-6,10H,2,7-9,14H2,1H3. The SMILES string of the molecule is CCCn1cc(SCCN)c2ccccc21. The van der Waals surface area contributed by atoms with Gasteiger partial charge in [-0.05, 0) is 12.5 Å². The highest BCUT2D eigenvalue weighted by Gasteiger charge is 2.07. The molecule has 0 aliphatic rings. The Bertz CT molecular complexity index is 462. The second kappa shape index (κ2) is 5.41. The highest BCUT2D eigenvalue weighted by Crippen LogP contribution is 2.29. The lowest BCUT2D eigenvalue weighted by molar-refractivity contribution is 0.700. The van der Waals surface area contributed by atoms with Gasteiger partial charge in [-0.3, -0.25) is 0 Å². The molecule has 0 saturated heterocycles. The maximum Gasteiger partial charge on any atom is 0.0491 e. The van der Waals surface area contributed by atoms with Gasteiger partial charge < -0.3 is 10.3 Å². The van der Waals surface area contributed by atoms with Crippen LogP contribution in [0.3, 0.4) is 0 Å². The van der Waals surface area contributed by atoms with Crippen molar-refractivity contribution >= 4 is 22.7 Å². The second-order valence-corrected chi connectivity index (χ2v) is 4.98. The van der Waals surface area contributed by atoms with Gasteiger partial charge in [0.05, 0.1) is 0 Å². The number of aromatic nitrogens is 1. The average Bonchev–Trinajstić information content (AvgIpc) is 2.66. The van der Waals surface area contributed by atoms with Crippen LogP contribution in [0.1, 0.15) is 13.3 Å². The predicted octanol–water partition coefficient (Wildman–Crippen LogP) is 3.10. The van der Waals surface area contributed by atoms with Crippen molar-refractivity contribution in [1.82, 2.24) is 4.57 Å². The quantitative estimate of drug-likeness (QED) is 0.806. The van der Waals surface area contributed by atoms with Crippen LogP contribution >= 0.6 is 11.8 Å². The van der Waals surface area contributed by atoms with Crippen molar-refractivity contribution in [2.24, 2.45) is 5.73 Å². The third-order valence-corrected chi connectivity index (χ3v) is 3.67. The number of hydrogen-bond donors (Lipinski definition) is 1. The number of thioether (sulfide) groups is 1. The summed E-state index contributed by atoms with van der Waals surface area (Å²) in [6.07, 6.45) is 3.42. The Morgan fingerprint density at radius 1 is 1.31 bits per heavy atom. The fraction of sp³-hybridized carbons (Fsp3) is 0.385. The Kier molecular flexibility index (Phi) is 3.91. The van der Waals surface area contributed by atoms with E-state index < -0.39 is 0 Å². The molecule has 3 heteroatoms. The van der Waals surface area contributed by atoms with Crippen LogP contribution in [-0.2, 0) is 6.54 Å². The number of fused-ring (bicyclic) bond motifs is 1. The number of aryl methyl sites for hydroxylation is 1. The van der Waals surface area contributed by atoms with Gasteiger partial charge in [-0.2, -0.15) is 0 Å². The maximum absolute atomic E-state index is 5.56. The van der Waals surface area contributed by atoms with Crippen LogP contribution < -0.4 is 5.73 Å². The van der Waals surface area contributed by atoms with Crippen LogP contribution in [0.15, 0.2) is 35.4 Å². The summed E-state index contributed by atoms with van der Waals surface area (Å²) in [7, 11) is 0. The first kappa shape index (κ1) is 11.6. The minimum Gasteiger partial charge on any atom is -0.346 e.